The van der Waals surface area contributed by atoms with Crippen molar-refractivity contribution >= 4 is 17.5 Å². The number of carbonyl (C=O) groups is 2. The monoisotopic (exact) mass is 402 g/mol. The van der Waals surface area contributed by atoms with Crippen molar-refractivity contribution in [3.8, 4) is 0 Å². The Morgan fingerprint density at radius 1 is 0.967 bits per heavy atom. The first-order valence-electron chi connectivity index (χ1n) is 11.3. The molecule has 2 aromatic rings. The summed E-state index contributed by atoms with van der Waals surface area (Å²) in [5.74, 6) is 1.31. The standard InChI is InChI=1S/C26H30N2O2/c1-2-27-23(29)20-7-6-10-22(12-20)28-24(30)26-15-18-11-19(16-26)14-25(13-18,17-26)21-8-4-3-5-9-21/h3-10,12,18-19H,2,11,13-17H2,1H3,(H,27,29)(H,28,30)/t18-,19-,25?,26?/m1/s1. The maximum absolute atomic E-state index is 13.6. The van der Waals surface area contributed by atoms with Gasteiger partial charge in [0.15, 0.2) is 0 Å². The summed E-state index contributed by atoms with van der Waals surface area (Å²) in [6.07, 6.45) is 6.65. The zero-order chi connectivity index (χ0) is 20.8. The van der Waals surface area contributed by atoms with Gasteiger partial charge in [0.1, 0.15) is 0 Å². The van der Waals surface area contributed by atoms with E-state index >= 15 is 0 Å². The van der Waals surface area contributed by atoms with Crippen LogP contribution in [0.3, 0.4) is 0 Å². The number of nitrogens with one attached hydrogen (secondary N) is 2. The number of anilines is 1. The smallest absolute Gasteiger partial charge is 0.251 e. The van der Waals surface area contributed by atoms with E-state index < -0.39 is 0 Å². The zero-order valence-electron chi connectivity index (χ0n) is 17.6. The second kappa shape index (κ2) is 7.26. The van der Waals surface area contributed by atoms with Gasteiger partial charge in [-0.05, 0) is 86.5 Å². The molecule has 4 heteroatoms. The molecule has 2 atom stereocenters. The van der Waals surface area contributed by atoms with Gasteiger partial charge < -0.3 is 10.6 Å². The lowest BCUT2D eigenvalue weighted by atomic mass is 9.42. The molecule has 156 valence electrons. The molecule has 4 bridgehead atoms. The van der Waals surface area contributed by atoms with E-state index in [4.69, 9.17) is 0 Å². The van der Waals surface area contributed by atoms with Crippen LogP contribution in [-0.4, -0.2) is 18.4 Å². The molecule has 0 saturated heterocycles. The molecule has 0 heterocycles. The highest BCUT2D eigenvalue weighted by Gasteiger charge is 2.60. The number of hydrogen-bond donors (Lipinski definition) is 2. The van der Waals surface area contributed by atoms with E-state index in [1.165, 1.54) is 24.8 Å². The molecular weight excluding hydrogens is 372 g/mol. The van der Waals surface area contributed by atoms with Gasteiger partial charge in [-0.25, -0.2) is 0 Å². The van der Waals surface area contributed by atoms with Crippen molar-refractivity contribution in [2.45, 2.75) is 50.9 Å². The molecule has 4 saturated carbocycles. The molecule has 30 heavy (non-hydrogen) atoms. The fraction of sp³-hybridized carbons (Fsp3) is 0.462. The Morgan fingerprint density at radius 3 is 2.40 bits per heavy atom. The molecule has 2 N–H and O–H groups in total. The van der Waals surface area contributed by atoms with Crippen molar-refractivity contribution < 1.29 is 9.59 Å². The van der Waals surface area contributed by atoms with Gasteiger partial charge in [0.2, 0.25) is 5.91 Å². The number of benzene rings is 2. The second-order valence-corrected chi connectivity index (χ2v) is 9.78. The summed E-state index contributed by atoms with van der Waals surface area (Å²) in [6.45, 7) is 2.49. The van der Waals surface area contributed by atoms with Crippen molar-refractivity contribution in [1.82, 2.24) is 5.32 Å². The molecule has 4 aliphatic rings. The highest BCUT2D eigenvalue weighted by Crippen LogP contribution is 2.65. The molecule has 4 fully saturated rings. The van der Waals surface area contributed by atoms with Crippen LogP contribution in [0.25, 0.3) is 0 Å². The topological polar surface area (TPSA) is 58.2 Å². The van der Waals surface area contributed by atoms with Gasteiger partial charge in [-0.2, -0.15) is 0 Å². The van der Waals surface area contributed by atoms with E-state index in [0.717, 1.165) is 19.3 Å². The molecule has 2 aromatic carbocycles. The van der Waals surface area contributed by atoms with Crippen LogP contribution in [0.2, 0.25) is 0 Å². The Morgan fingerprint density at radius 2 is 1.70 bits per heavy atom. The van der Waals surface area contributed by atoms with Gasteiger partial charge in [-0.1, -0.05) is 36.4 Å². The molecule has 4 aliphatic carbocycles. The molecule has 0 spiro atoms. The fourth-order valence-corrected chi connectivity index (χ4v) is 6.92. The lowest BCUT2D eigenvalue weighted by molar-refractivity contribution is -0.143. The summed E-state index contributed by atoms with van der Waals surface area (Å²) in [6, 6.07) is 18.2. The van der Waals surface area contributed by atoms with E-state index in [9.17, 15) is 9.59 Å². The Balaban J connectivity index is 1.41. The highest BCUT2D eigenvalue weighted by atomic mass is 16.2. The Hall–Kier alpha value is -2.62. The number of amides is 2. The lowest BCUT2D eigenvalue weighted by Crippen LogP contribution is -2.57. The first-order chi connectivity index (χ1) is 14.5. The van der Waals surface area contributed by atoms with Crippen LogP contribution < -0.4 is 10.6 Å². The predicted octanol–water partition coefficient (Wildman–Crippen LogP) is 4.91. The number of carbonyl (C=O) groups excluding carboxylic acids is 2. The quantitative estimate of drug-likeness (QED) is 0.746. The minimum atomic E-state index is -0.290. The maximum Gasteiger partial charge on any atom is 0.251 e. The molecule has 0 unspecified atom stereocenters. The average molecular weight is 403 g/mol. The largest absolute Gasteiger partial charge is 0.352 e. The summed E-state index contributed by atoms with van der Waals surface area (Å²) >= 11 is 0. The lowest BCUT2D eigenvalue weighted by Gasteiger charge is -2.61. The van der Waals surface area contributed by atoms with E-state index in [-0.39, 0.29) is 22.6 Å². The molecule has 0 aromatic heterocycles. The predicted molar refractivity (Wildman–Crippen MR) is 118 cm³/mol. The minimum Gasteiger partial charge on any atom is -0.352 e. The van der Waals surface area contributed by atoms with Crippen molar-refractivity contribution in [2.24, 2.45) is 17.3 Å². The van der Waals surface area contributed by atoms with Crippen LogP contribution in [0.1, 0.15) is 61.4 Å². The molecular formula is C26H30N2O2. The number of rotatable bonds is 5. The van der Waals surface area contributed by atoms with Crippen LogP contribution in [-0.2, 0) is 10.2 Å². The van der Waals surface area contributed by atoms with E-state index in [0.29, 0.717) is 29.6 Å². The van der Waals surface area contributed by atoms with Gasteiger partial charge in [-0.15, -0.1) is 0 Å². The van der Waals surface area contributed by atoms with Gasteiger partial charge in [0.05, 0.1) is 5.41 Å². The maximum atomic E-state index is 13.6. The molecule has 0 radical (unpaired) electrons. The van der Waals surface area contributed by atoms with Crippen molar-refractivity contribution in [3.63, 3.8) is 0 Å². The molecule has 4 nitrogen and oxygen atoms in total. The van der Waals surface area contributed by atoms with Crippen LogP contribution in [0, 0.1) is 17.3 Å². The summed E-state index contributed by atoms with van der Waals surface area (Å²) in [5, 5.41) is 6.01. The average Bonchev–Trinajstić information content (AvgIpc) is 2.74. The Kier molecular flexibility index (Phi) is 4.68. The van der Waals surface area contributed by atoms with Crippen LogP contribution in [0.4, 0.5) is 5.69 Å². The van der Waals surface area contributed by atoms with Crippen molar-refractivity contribution in [1.29, 1.82) is 0 Å². The van der Waals surface area contributed by atoms with Gasteiger partial charge in [0.25, 0.3) is 5.91 Å². The Bertz CT molecular complexity index is 954. The summed E-state index contributed by atoms with van der Waals surface area (Å²) in [7, 11) is 0. The summed E-state index contributed by atoms with van der Waals surface area (Å²) < 4.78 is 0. The number of hydrogen-bond acceptors (Lipinski definition) is 2. The molecule has 6 rings (SSSR count). The third kappa shape index (κ3) is 3.23. The van der Waals surface area contributed by atoms with Crippen LogP contribution in [0.15, 0.2) is 54.6 Å². The Labute approximate surface area is 178 Å². The first kappa shape index (κ1) is 19.3. The third-order valence-corrected chi connectivity index (χ3v) is 7.65. The first-order valence-corrected chi connectivity index (χ1v) is 11.3. The normalized spacial score (nSPS) is 31.4. The van der Waals surface area contributed by atoms with Crippen LogP contribution >= 0.6 is 0 Å². The van der Waals surface area contributed by atoms with Gasteiger partial charge in [0, 0.05) is 17.8 Å². The van der Waals surface area contributed by atoms with Crippen molar-refractivity contribution in [3.05, 3.63) is 65.7 Å². The van der Waals surface area contributed by atoms with Gasteiger partial charge in [-0.3, -0.25) is 9.59 Å². The molecule has 2 amide bonds. The van der Waals surface area contributed by atoms with E-state index in [1.807, 2.05) is 19.1 Å². The zero-order valence-corrected chi connectivity index (χ0v) is 17.6. The van der Waals surface area contributed by atoms with Crippen molar-refractivity contribution in [2.75, 3.05) is 11.9 Å². The second-order valence-electron chi connectivity index (χ2n) is 9.78. The highest BCUT2D eigenvalue weighted by molar-refractivity contribution is 5.99. The third-order valence-electron chi connectivity index (χ3n) is 7.65. The molecule has 0 aliphatic heterocycles. The fourth-order valence-electron chi connectivity index (χ4n) is 6.92. The van der Waals surface area contributed by atoms with Gasteiger partial charge >= 0.3 is 0 Å². The summed E-state index contributed by atoms with van der Waals surface area (Å²) in [5.41, 5.74) is 2.57. The minimum absolute atomic E-state index is 0.105. The van der Waals surface area contributed by atoms with E-state index in [2.05, 4.69) is 41.0 Å². The van der Waals surface area contributed by atoms with Crippen LogP contribution in [0.5, 0.6) is 0 Å². The summed E-state index contributed by atoms with van der Waals surface area (Å²) in [4.78, 5) is 25.8. The van der Waals surface area contributed by atoms with E-state index in [1.54, 1.807) is 12.1 Å². The SMILES string of the molecule is CCNC(=O)c1cccc(NC(=O)C23C[C@@H]4C[C@@H](C2)CC(c2ccccc2)(C4)C3)c1.